The van der Waals surface area contributed by atoms with E-state index in [0.717, 1.165) is 24.7 Å². The van der Waals surface area contributed by atoms with Gasteiger partial charge in [0.2, 0.25) is 0 Å². The normalized spacial score (nSPS) is 48.5. The number of hydrogen-bond acceptors (Lipinski definition) is 1. The molecular formula is C15H26O. The Morgan fingerprint density at radius 3 is 2.62 bits per heavy atom. The van der Waals surface area contributed by atoms with Gasteiger partial charge >= 0.3 is 0 Å². The van der Waals surface area contributed by atoms with Crippen molar-refractivity contribution in [2.24, 2.45) is 23.7 Å². The van der Waals surface area contributed by atoms with Gasteiger partial charge in [-0.25, -0.2) is 0 Å². The lowest BCUT2D eigenvalue weighted by Crippen LogP contribution is -2.33. The second-order valence-corrected chi connectivity index (χ2v) is 6.50. The van der Waals surface area contributed by atoms with Crippen molar-refractivity contribution in [1.29, 1.82) is 0 Å². The molecule has 0 radical (unpaired) electrons. The van der Waals surface area contributed by atoms with Crippen LogP contribution in [0.2, 0.25) is 0 Å². The first-order chi connectivity index (χ1) is 7.42. The maximum absolute atomic E-state index is 10.5. The SMILES string of the molecule is C=C(C)[C@@H]1CC[C@@H](C)[C@@H]2CC[C@@](C)(O)[C@H]2C1. The summed E-state index contributed by atoms with van der Waals surface area (Å²) in [5.74, 6) is 2.68. The number of rotatable bonds is 1. The van der Waals surface area contributed by atoms with Gasteiger partial charge in [0, 0.05) is 0 Å². The Bertz CT molecular complexity index is 279. The molecule has 2 aliphatic carbocycles. The van der Waals surface area contributed by atoms with E-state index in [4.69, 9.17) is 0 Å². The molecule has 5 atom stereocenters. The van der Waals surface area contributed by atoms with Crippen molar-refractivity contribution >= 4 is 0 Å². The Balaban J connectivity index is 2.20. The minimum Gasteiger partial charge on any atom is -0.390 e. The van der Waals surface area contributed by atoms with Gasteiger partial charge in [-0.05, 0) is 69.6 Å². The molecule has 0 amide bonds. The first-order valence-corrected chi connectivity index (χ1v) is 6.79. The zero-order valence-electron chi connectivity index (χ0n) is 11.0. The van der Waals surface area contributed by atoms with Gasteiger partial charge in [0.05, 0.1) is 5.60 Å². The Morgan fingerprint density at radius 1 is 1.31 bits per heavy atom. The van der Waals surface area contributed by atoms with E-state index in [2.05, 4.69) is 20.4 Å². The second-order valence-electron chi connectivity index (χ2n) is 6.50. The number of allylic oxidation sites excluding steroid dienone is 1. The predicted octanol–water partition coefficient (Wildman–Crippen LogP) is 3.78. The molecule has 0 unspecified atom stereocenters. The van der Waals surface area contributed by atoms with Crippen LogP contribution in [0.15, 0.2) is 12.2 Å². The second kappa shape index (κ2) is 4.18. The first-order valence-electron chi connectivity index (χ1n) is 6.79. The minimum atomic E-state index is -0.420. The lowest BCUT2D eigenvalue weighted by Gasteiger charge is -2.31. The highest BCUT2D eigenvalue weighted by molar-refractivity contribution is 5.04. The van der Waals surface area contributed by atoms with Crippen LogP contribution in [0.1, 0.15) is 52.9 Å². The Hall–Kier alpha value is -0.300. The molecule has 1 nitrogen and oxygen atoms in total. The van der Waals surface area contributed by atoms with E-state index in [0.29, 0.717) is 11.8 Å². The molecule has 2 saturated carbocycles. The van der Waals surface area contributed by atoms with Crippen molar-refractivity contribution in [2.45, 2.75) is 58.5 Å². The molecule has 2 aliphatic rings. The summed E-state index contributed by atoms with van der Waals surface area (Å²) in [5, 5.41) is 10.5. The summed E-state index contributed by atoms with van der Waals surface area (Å²) >= 11 is 0. The number of aliphatic hydroxyl groups is 1. The number of fused-ring (bicyclic) bond motifs is 1. The molecule has 0 aliphatic heterocycles. The fourth-order valence-corrected chi connectivity index (χ4v) is 3.97. The fraction of sp³-hybridized carbons (Fsp3) is 0.867. The van der Waals surface area contributed by atoms with Gasteiger partial charge in [-0.1, -0.05) is 19.1 Å². The van der Waals surface area contributed by atoms with Crippen LogP contribution in [0.4, 0.5) is 0 Å². The molecule has 2 rings (SSSR count). The van der Waals surface area contributed by atoms with Crippen LogP contribution < -0.4 is 0 Å². The highest BCUT2D eigenvalue weighted by Gasteiger charge is 2.47. The van der Waals surface area contributed by atoms with Gasteiger partial charge < -0.3 is 5.11 Å². The molecule has 0 aromatic heterocycles. The zero-order chi connectivity index (χ0) is 11.9. The lowest BCUT2D eigenvalue weighted by atomic mass is 9.77. The summed E-state index contributed by atoms with van der Waals surface area (Å²) in [6.45, 7) is 10.7. The van der Waals surface area contributed by atoms with Crippen LogP contribution in [0.5, 0.6) is 0 Å². The van der Waals surface area contributed by atoms with Gasteiger partial charge in [-0.2, -0.15) is 0 Å². The monoisotopic (exact) mass is 222 g/mol. The lowest BCUT2D eigenvalue weighted by molar-refractivity contribution is -0.000137. The number of hydrogen-bond donors (Lipinski definition) is 1. The Morgan fingerprint density at radius 2 is 2.00 bits per heavy atom. The summed E-state index contributed by atoms with van der Waals surface area (Å²) in [5.41, 5.74) is 0.896. The molecule has 0 saturated heterocycles. The van der Waals surface area contributed by atoms with E-state index < -0.39 is 5.60 Å². The highest BCUT2D eigenvalue weighted by Crippen LogP contribution is 2.51. The molecule has 0 bridgehead atoms. The quantitative estimate of drug-likeness (QED) is 0.669. The van der Waals surface area contributed by atoms with Crippen LogP contribution in [-0.2, 0) is 0 Å². The van der Waals surface area contributed by atoms with Gasteiger partial charge in [-0.15, -0.1) is 0 Å². The van der Waals surface area contributed by atoms with Crippen LogP contribution in [0.25, 0.3) is 0 Å². The summed E-state index contributed by atoms with van der Waals surface area (Å²) in [6.07, 6.45) is 5.98. The highest BCUT2D eigenvalue weighted by atomic mass is 16.3. The van der Waals surface area contributed by atoms with Crippen molar-refractivity contribution in [3.8, 4) is 0 Å². The maximum atomic E-state index is 10.5. The first kappa shape index (κ1) is 12.2. The van der Waals surface area contributed by atoms with Crippen LogP contribution in [0, 0.1) is 23.7 Å². The summed E-state index contributed by atoms with van der Waals surface area (Å²) < 4.78 is 0. The zero-order valence-corrected chi connectivity index (χ0v) is 11.0. The molecular weight excluding hydrogens is 196 g/mol. The molecule has 0 heterocycles. The van der Waals surface area contributed by atoms with Gasteiger partial charge in [0.25, 0.3) is 0 Å². The van der Waals surface area contributed by atoms with Crippen molar-refractivity contribution in [2.75, 3.05) is 0 Å². The van der Waals surface area contributed by atoms with E-state index in [1.54, 1.807) is 0 Å². The molecule has 1 heteroatoms. The summed E-state index contributed by atoms with van der Waals surface area (Å²) in [6, 6.07) is 0. The van der Waals surface area contributed by atoms with Crippen molar-refractivity contribution in [3.05, 3.63) is 12.2 Å². The largest absolute Gasteiger partial charge is 0.390 e. The van der Waals surface area contributed by atoms with Crippen molar-refractivity contribution < 1.29 is 5.11 Å². The third kappa shape index (κ3) is 2.07. The van der Waals surface area contributed by atoms with Crippen LogP contribution >= 0.6 is 0 Å². The summed E-state index contributed by atoms with van der Waals surface area (Å²) in [7, 11) is 0. The van der Waals surface area contributed by atoms with Gasteiger partial charge in [0.15, 0.2) is 0 Å². The van der Waals surface area contributed by atoms with E-state index in [1.165, 1.54) is 24.8 Å². The fourth-order valence-electron chi connectivity index (χ4n) is 3.97. The average molecular weight is 222 g/mol. The molecule has 2 fully saturated rings. The molecule has 92 valence electrons. The Kier molecular flexibility index (Phi) is 3.18. The predicted molar refractivity (Wildman–Crippen MR) is 68.2 cm³/mol. The van der Waals surface area contributed by atoms with Crippen molar-refractivity contribution in [3.63, 3.8) is 0 Å². The molecule has 1 N–H and O–H groups in total. The minimum absolute atomic E-state index is 0.420. The van der Waals surface area contributed by atoms with Crippen molar-refractivity contribution in [1.82, 2.24) is 0 Å². The third-order valence-corrected chi connectivity index (χ3v) is 5.24. The standard InChI is InChI=1S/C15H26O/c1-10(2)12-6-5-11(3)13-7-8-15(4,16)14(13)9-12/h11-14,16H,1,5-9H2,2-4H3/t11-,12-,13+,14+,15-/m1/s1. The van der Waals surface area contributed by atoms with E-state index >= 15 is 0 Å². The van der Waals surface area contributed by atoms with E-state index in [-0.39, 0.29) is 0 Å². The van der Waals surface area contributed by atoms with Crippen LogP contribution in [0.3, 0.4) is 0 Å². The van der Waals surface area contributed by atoms with Crippen LogP contribution in [-0.4, -0.2) is 10.7 Å². The molecule has 0 aromatic carbocycles. The van der Waals surface area contributed by atoms with Gasteiger partial charge in [-0.3, -0.25) is 0 Å². The maximum Gasteiger partial charge on any atom is 0.0650 e. The summed E-state index contributed by atoms with van der Waals surface area (Å²) in [4.78, 5) is 0. The van der Waals surface area contributed by atoms with E-state index in [1.807, 2.05) is 6.92 Å². The molecule has 16 heavy (non-hydrogen) atoms. The average Bonchev–Trinajstić information content (AvgIpc) is 2.38. The smallest absolute Gasteiger partial charge is 0.0650 e. The topological polar surface area (TPSA) is 20.2 Å². The van der Waals surface area contributed by atoms with Gasteiger partial charge in [0.1, 0.15) is 0 Å². The Labute approximate surface area is 99.9 Å². The molecule has 0 aromatic rings. The third-order valence-electron chi connectivity index (χ3n) is 5.24. The molecule has 0 spiro atoms. The van der Waals surface area contributed by atoms with E-state index in [9.17, 15) is 5.11 Å².